The third-order valence-electron chi connectivity index (χ3n) is 5.72. The second kappa shape index (κ2) is 7.40. The van der Waals surface area contributed by atoms with Crippen LogP contribution in [0.5, 0.6) is 0 Å². The first kappa shape index (κ1) is 19.9. The molecule has 0 aliphatic rings. The molecular formula is C25H18N4O2S2. The van der Waals surface area contributed by atoms with E-state index < -0.39 is 10.0 Å². The van der Waals surface area contributed by atoms with Crippen LogP contribution in [0, 0.1) is 6.92 Å². The molecule has 4 aromatic heterocycles. The molecule has 0 spiro atoms. The van der Waals surface area contributed by atoms with Crippen LogP contribution in [0.1, 0.15) is 5.56 Å². The highest BCUT2D eigenvalue weighted by Crippen LogP contribution is 2.37. The molecule has 0 amide bonds. The van der Waals surface area contributed by atoms with Crippen molar-refractivity contribution in [3.63, 3.8) is 0 Å². The molecule has 0 saturated heterocycles. The molecule has 0 radical (unpaired) electrons. The van der Waals surface area contributed by atoms with Crippen LogP contribution in [-0.4, -0.2) is 27.3 Å². The first-order valence-corrected chi connectivity index (χ1v) is 12.6. The normalized spacial score (nSPS) is 12.0. The van der Waals surface area contributed by atoms with Gasteiger partial charge in [0.25, 0.3) is 10.0 Å². The Morgan fingerprint density at radius 3 is 2.58 bits per heavy atom. The summed E-state index contributed by atoms with van der Waals surface area (Å²) in [5, 5.41) is 4.66. The first-order valence-electron chi connectivity index (χ1n) is 10.3. The highest BCUT2D eigenvalue weighted by Gasteiger charge is 2.23. The lowest BCUT2D eigenvalue weighted by atomic mass is 10.1. The summed E-state index contributed by atoms with van der Waals surface area (Å²) in [6.07, 6.45) is 5.33. The Bertz CT molecular complexity index is 1740. The van der Waals surface area contributed by atoms with Crippen molar-refractivity contribution in [2.75, 3.05) is 0 Å². The molecule has 0 aliphatic heterocycles. The van der Waals surface area contributed by atoms with Crippen LogP contribution >= 0.6 is 11.3 Å². The minimum Gasteiger partial charge on any atom is -0.345 e. The zero-order valence-electron chi connectivity index (χ0n) is 17.6. The molecule has 33 heavy (non-hydrogen) atoms. The van der Waals surface area contributed by atoms with E-state index >= 15 is 0 Å². The molecule has 2 aromatic carbocycles. The molecule has 0 fully saturated rings. The molecule has 0 saturated carbocycles. The van der Waals surface area contributed by atoms with Gasteiger partial charge in [-0.1, -0.05) is 35.9 Å². The maximum atomic E-state index is 13.5. The van der Waals surface area contributed by atoms with Crippen LogP contribution in [0.3, 0.4) is 0 Å². The third-order valence-corrected chi connectivity index (χ3v) is 8.28. The predicted molar refractivity (Wildman–Crippen MR) is 132 cm³/mol. The van der Waals surface area contributed by atoms with Gasteiger partial charge in [0.2, 0.25) is 0 Å². The molecule has 0 aliphatic carbocycles. The summed E-state index contributed by atoms with van der Waals surface area (Å²) in [7, 11) is -3.76. The van der Waals surface area contributed by atoms with E-state index in [1.165, 1.54) is 15.3 Å². The molecule has 4 heterocycles. The zero-order valence-corrected chi connectivity index (χ0v) is 19.2. The number of hydrogen-bond acceptors (Lipinski definition) is 5. The van der Waals surface area contributed by atoms with Crippen molar-refractivity contribution in [1.29, 1.82) is 0 Å². The number of nitrogens with one attached hydrogen (secondary N) is 1. The zero-order chi connectivity index (χ0) is 22.6. The number of para-hydroxylation sites is 1. The van der Waals surface area contributed by atoms with Crippen molar-refractivity contribution < 1.29 is 8.42 Å². The lowest BCUT2D eigenvalue weighted by molar-refractivity contribution is 0.589. The number of aryl methyl sites for hydroxylation is 1. The van der Waals surface area contributed by atoms with Crippen molar-refractivity contribution in [3.8, 4) is 21.8 Å². The number of nitrogens with zero attached hydrogens (tertiary/aromatic N) is 3. The van der Waals surface area contributed by atoms with E-state index in [1.54, 1.807) is 24.5 Å². The highest BCUT2D eigenvalue weighted by atomic mass is 32.2. The van der Waals surface area contributed by atoms with Crippen LogP contribution in [0.2, 0.25) is 0 Å². The Labute approximate surface area is 194 Å². The monoisotopic (exact) mass is 470 g/mol. The van der Waals surface area contributed by atoms with Crippen LogP contribution in [0.25, 0.3) is 43.8 Å². The van der Waals surface area contributed by atoms with E-state index in [1.807, 2.05) is 67.0 Å². The standard InChI is InChI=1S/C25H18N4O2S2/c1-16-8-10-17(11-9-16)33(30,31)29-14-21(18-5-2-3-7-23(18)29)22-15-32-25(28-22)20-13-27-24-19(20)6-4-12-26-24/h2-15H,1H3,(H,26,27). The number of benzene rings is 2. The van der Waals surface area contributed by atoms with Crippen molar-refractivity contribution in [1.82, 2.24) is 18.9 Å². The quantitative estimate of drug-likeness (QED) is 0.350. The number of H-pyrrole nitrogens is 1. The Morgan fingerprint density at radius 1 is 0.939 bits per heavy atom. The molecule has 162 valence electrons. The highest BCUT2D eigenvalue weighted by molar-refractivity contribution is 7.90. The van der Waals surface area contributed by atoms with Gasteiger partial charge in [-0.05, 0) is 37.3 Å². The first-order chi connectivity index (χ1) is 16.0. The largest absolute Gasteiger partial charge is 0.345 e. The molecule has 6 rings (SSSR count). The number of hydrogen-bond donors (Lipinski definition) is 1. The minimum absolute atomic E-state index is 0.255. The van der Waals surface area contributed by atoms with Crippen LogP contribution in [0.4, 0.5) is 0 Å². The van der Waals surface area contributed by atoms with Gasteiger partial charge in [-0.25, -0.2) is 22.4 Å². The number of aromatic nitrogens is 4. The van der Waals surface area contributed by atoms with Crippen molar-refractivity contribution in [2.24, 2.45) is 0 Å². The van der Waals surface area contributed by atoms with Crippen molar-refractivity contribution in [2.45, 2.75) is 11.8 Å². The fourth-order valence-electron chi connectivity index (χ4n) is 4.03. The van der Waals surface area contributed by atoms with Gasteiger partial charge in [0, 0.05) is 45.9 Å². The van der Waals surface area contributed by atoms with Gasteiger partial charge in [-0.2, -0.15) is 0 Å². The SMILES string of the molecule is Cc1ccc(S(=O)(=O)n2cc(-c3csc(-c4c[nH]c5ncccc45)n3)c3ccccc32)cc1. The van der Waals surface area contributed by atoms with Gasteiger partial charge in [-0.3, -0.25) is 0 Å². The Hall–Kier alpha value is -3.75. The van der Waals surface area contributed by atoms with Crippen LogP contribution < -0.4 is 0 Å². The summed E-state index contributed by atoms with van der Waals surface area (Å²) in [6.45, 7) is 1.93. The van der Waals surface area contributed by atoms with E-state index in [2.05, 4.69) is 9.97 Å². The Kier molecular flexibility index (Phi) is 4.46. The molecule has 1 N–H and O–H groups in total. The molecular weight excluding hydrogens is 452 g/mol. The number of pyridine rings is 1. The predicted octanol–water partition coefficient (Wildman–Crippen LogP) is 5.85. The van der Waals surface area contributed by atoms with Gasteiger partial charge in [0.1, 0.15) is 10.7 Å². The van der Waals surface area contributed by atoms with E-state index in [0.717, 1.165) is 43.8 Å². The van der Waals surface area contributed by atoms with Gasteiger partial charge >= 0.3 is 0 Å². The van der Waals surface area contributed by atoms with Gasteiger partial charge in [0.05, 0.1) is 16.1 Å². The summed E-state index contributed by atoms with van der Waals surface area (Å²) in [5.41, 5.74) is 4.94. The molecule has 6 aromatic rings. The lowest BCUT2D eigenvalue weighted by Crippen LogP contribution is -2.11. The number of fused-ring (bicyclic) bond motifs is 2. The summed E-state index contributed by atoms with van der Waals surface area (Å²) in [5.74, 6) is 0. The van der Waals surface area contributed by atoms with E-state index in [4.69, 9.17) is 4.98 Å². The maximum absolute atomic E-state index is 13.5. The van der Waals surface area contributed by atoms with Crippen molar-refractivity contribution >= 4 is 43.3 Å². The molecule has 0 bridgehead atoms. The molecule has 0 atom stereocenters. The van der Waals surface area contributed by atoms with Gasteiger partial charge in [0.15, 0.2) is 0 Å². The lowest BCUT2D eigenvalue weighted by Gasteiger charge is -2.07. The fraction of sp³-hybridized carbons (Fsp3) is 0.0400. The fourth-order valence-corrected chi connectivity index (χ4v) is 6.25. The molecule has 6 nitrogen and oxygen atoms in total. The third kappa shape index (κ3) is 3.18. The summed E-state index contributed by atoms with van der Waals surface area (Å²) >= 11 is 1.52. The van der Waals surface area contributed by atoms with Crippen LogP contribution in [0.15, 0.2) is 89.5 Å². The van der Waals surface area contributed by atoms with Gasteiger partial charge in [-0.15, -0.1) is 11.3 Å². The topological polar surface area (TPSA) is 80.6 Å². The summed E-state index contributed by atoms with van der Waals surface area (Å²) < 4.78 is 28.3. The van der Waals surface area contributed by atoms with Crippen molar-refractivity contribution in [3.05, 3.63) is 90.2 Å². The van der Waals surface area contributed by atoms with E-state index in [9.17, 15) is 8.42 Å². The Morgan fingerprint density at radius 2 is 1.73 bits per heavy atom. The van der Waals surface area contributed by atoms with Crippen LogP contribution in [-0.2, 0) is 10.0 Å². The summed E-state index contributed by atoms with van der Waals surface area (Å²) in [6, 6.07) is 18.3. The smallest absolute Gasteiger partial charge is 0.268 e. The number of aromatic amines is 1. The second-order valence-corrected chi connectivity index (χ2v) is 10.5. The summed E-state index contributed by atoms with van der Waals surface area (Å²) in [4.78, 5) is 12.7. The molecule has 8 heteroatoms. The van der Waals surface area contributed by atoms with E-state index in [-0.39, 0.29) is 4.90 Å². The van der Waals surface area contributed by atoms with Gasteiger partial charge < -0.3 is 4.98 Å². The Balaban J connectivity index is 1.50. The second-order valence-electron chi connectivity index (χ2n) is 7.81. The average molecular weight is 471 g/mol. The molecule has 0 unspecified atom stereocenters. The maximum Gasteiger partial charge on any atom is 0.268 e. The van der Waals surface area contributed by atoms with E-state index in [0.29, 0.717) is 5.52 Å². The average Bonchev–Trinajstić information content (AvgIpc) is 3.55. The minimum atomic E-state index is -3.76. The number of thiazole rings is 1. The number of rotatable bonds is 4.